The average Bonchev–Trinajstić information content (AvgIpc) is 2.94. The second kappa shape index (κ2) is 5.40. The Hall–Kier alpha value is -3.02. The number of aryl methyl sites for hydroxylation is 1. The lowest BCUT2D eigenvalue weighted by Gasteiger charge is -2.05. The maximum Gasteiger partial charge on any atom is 0.278 e. The van der Waals surface area contributed by atoms with Crippen molar-refractivity contribution in [2.45, 2.75) is 0 Å². The van der Waals surface area contributed by atoms with Crippen molar-refractivity contribution in [3.05, 3.63) is 70.7 Å². The molecule has 0 aliphatic heterocycles. The van der Waals surface area contributed by atoms with Gasteiger partial charge in [-0.15, -0.1) is 0 Å². The largest absolute Gasteiger partial charge is 0.278 e. The van der Waals surface area contributed by atoms with Crippen molar-refractivity contribution in [2.75, 3.05) is 0 Å². The standard InChI is InChI=1S/C16H12FN3O2/c1-19-9-8-15(18-19)14-10-12(4-7-16(14)20(21)22)11-2-5-13(17)6-3-11/h2-10H,1H3. The molecule has 0 saturated heterocycles. The van der Waals surface area contributed by atoms with Crippen LogP contribution in [0, 0.1) is 15.9 Å². The molecule has 0 fully saturated rings. The molecule has 0 bridgehead atoms. The van der Waals surface area contributed by atoms with Crippen LogP contribution in [0.2, 0.25) is 0 Å². The monoisotopic (exact) mass is 297 g/mol. The maximum absolute atomic E-state index is 13.0. The van der Waals surface area contributed by atoms with Crippen LogP contribution in [0.15, 0.2) is 54.7 Å². The summed E-state index contributed by atoms with van der Waals surface area (Å²) >= 11 is 0. The number of nitro benzene ring substituents is 1. The molecule has 110 valence electrons. The van der Waals surface area contributed by atoms with Crippen LogP contribution >= 0.6 is 0 Å². The van der Waals surface area contributed by atoms with Crippen LogP contribution in [0.25, 0.3) is 22.4 Å². The molecule has 1 heterocycles. The van der Waals surface area contributed by atoms with Gasteiger partial charge in [-0.25, -0.2) is 4.39 Å². The number of hydrogen-bond donors (Lipinski definition) is 0. The van der Waals surface area contributed by atoms with Gasteiger partial charge < -0.3 is 0 Å². The van der Waals surface area contributed by atoms with Gasteiger partial charge in [0.15, 0.2) is 0 Å². The smallest absolute Gasteiger partial charge is 0.275 e. The number of aromatic nitrogens is 2. The minimum atomic E-state index is -0.432. The Bertz CT molecular complexity index is 841. The van der Waals surface area contributed by atoms with Gasteiger partial charge in [0.05, 0.1) is 16.2 Å². The lowest BCUT2D eigenvalue weighted by molar-refractivity contribution is -0.384. The van der Waals surface area contributed by atoms with Gasteiger partial charge in [-0.2, -0.15) is 5.10 Å². The fourth-order valence-electron chi connectivity index (χ4n) is 2.28. The van der Waals surface area contributed by atoms with Crippen LogP contribution in [0.3, 0.4) is 0 Å². The summed E-state index contributed by atoms with van der Waals surface area (Å²) in [6.07, 6.45) is 1.73. The van der Waals surface area contributed by atoms with Gasteiger partial charge in [0.25, 0.3) is 5.69 Å². The fourth-order valence-corrected chi connectivity index (χ4v) is 2.28. The second-order valence-electron chi connectivity index (χ2n) is 4.87. The number of nitrogens with zero attached hydrogens (tertiary/aromatic N) is 3. The third kappa shape index (κ3) is 2.58. The normalized spacial score (nSPS) is 10.6. The molecule has 22 heavy (non-hydrogen) atoms. The van der Waals surface area contributed by atoms with Crippen LogP contribution in [-0.4, -0.2) is 14.7 Å². The molecular weight excluding hydrogens is 285 g/mol. The predicted molar refractivity (Wildman–Crippen MR) is 80.7 cm³/mol. The minimum Gasteiger partial charge on any atom is -0.275 e. The molecule has 0 N–H and O–H groups in total. The van der Waals surface area contributed by atoms with E-state index in [4.69, 9.17) is 0 Å². The molecule has 0 atom stereocenters. The quantitative estimate of drug-likeness (QED) is 0.545. The first-order chi connectivity index (χ1) is 10.5. The lowest BCUT2D eigenvalue weighted by atomic mass is 10.0. The summed E-state index contributed by atoms with van der Waals surface area (Å²) in [7, 11) is 1.75. The Balaban J connectivity index is 2.15. The molecule has 0 aliphatic rings. The second-order valence-corrected chi connectivity index (χ2v) is 4.87. The van der Waals surface area contributed by atoms with E-state index in [-0.39, 0.29) is 11.5 Å². The Morgan fingerprint density at radius 1 is 1.09 bits per heavy atom. The van der Waals surface area contributed by atoms with Gasteiger partial charge >= 0.3 is 0 Å². The van der Waals surface area contributed by atoms with Gasteiger partial charge in [-0.3, -0.25) is 14.8 Å². The van der Waals surface area contributed by atoms with Crippen molar-refractivity contribution >= 4 is 5.69 Å². The Morgan fingerprint density at radius 3 is 2.36 bits per heavy atom. The molecule has 6 heteroatoms. The highest BCUT2D eigenvalue weighted by molar-refractivity contribution is 5.78. The first kappa shape index (κ1) is 13.9. The van der Waals surface area contributed by atoms with Crippen molar-refractivity contribution in [3.8, 4) is 22.4 Å². The zero-order chi connectivity index (χ0) is 15.7. The average molecular weight is 297 g/mol. The molecule has 2 aromatic carbocycles. The Kier molecular flexibility index (Phi) is 3.42. The molecule has 3 aromatic rings. The number of halogens is 1. The summed E-state index contributed by atoms with van der Waals surface area (Å²) in [5.74, 6) is -0.324. The molecule has 0 amide bonds. The van der Waals surface area contributed by atoms with Crippen molar-refractivity contribution < 1.29 is 9.31 Å². The van der Waals surface area contributed by atoms with Gasteiger partial charge in [-0.1, -0.05) is 12.1 Å². The highest BCUT2D eigenvalue weighted by Gasteiger charge is 2.18. The molecule has 0 spiro atoms. The van der Waals surface area contributed by atoms with Crippen molar-refractivity contribution in [2.24, 2.45) is 7.05 Å². The third-order valence-corrected chi connectivity index (χ3v) is 3.36. The van der Waals surface area contributed by atoms with Crippen molar-refractivity contribution in [1.82, 2.24) is 9.78 Å². The lowest BCUT2D eigenvalue weighted by Crippen LogP contribution is -1.94. The Morgan fingerprint density at radius 2 is 1.77 bits per heavy atom. The molecule has 1 aromatic heterocycles. The Labute approximate surface area is 125 Å². The number of nitro groups is 1. The third-order valence-electron chi connectivity index (χ3n) is 3.36. The highest BCUT2D eigenvalue weighted by Crippen LogP contribution is 2.33. The predicted octanol–water partition coefficient (Wildman–Crippen LogP) is 3.80. The summed E-state index contributed by atoms with van der Waals surface area (Å²) in [6, 6.07) is 12.5. The molecule has 0 saturated carbocycles. The highest BCUT2D eigenvalue weighted by atomic mass is 19.1. The van der Waals surface area contributed by atoms with E-state index in [2.05, 4.69) is 5.10 Å². The SMILES string of the molecule is Cn1ccc(-c2cc(-c3ccc(F)cc3)ccc2[N+](=O)[O-])n1. The van der Waals surface area contributed by atoms with Gasteiger partial charge in [0, 0.05) is 19.3 Å². The molecule has 0 aliphatic carbocycles. The summed E-state index contributed by atoms with van der Waals surface area (Å²) < 4.78 is 14.6. The van der Waals surface area contributed by atoms with E-state index in [1.807, 2.05) is 0 Å². The maximum atomic E-state index is 13.0. The molecule has 5 nitrogen and oxygen atoms in total. The fraction of sp³-hybridized carbons (Fsp3) is 0.0625. The topological polar surface area (TPSA) is 61.0 Å². The van der Waals surface area contributed by atoms with Crippen LogP contribution in [0.4, 0.5) is 10.1 Å². The zero-order valence-corrected chi connectivity index (χ0v) is 11.7. The summed E-state index contributed by atoms with van der Waals surface area (Å²) in [5.41, 5.74) is 2.51. The zero-order valence-electron chi connectivity index (χ0n) is 11.7. The van der Waals surface area contributed by atoms with Crippen molar-refractivity contribution in [3.63, 3.8) is 0 Å². The van der Waals surface area contributed by atoms with E-state index in [0.29, 0.717) is 11.3 Å². The van der Waals surface area contributed by atoms with Gasteiger partial charge in [0.1, 0.15) is 5.82 Å². The summed E-state index contributed by atoms with van der Waals surface area (Å²) in [5, 5.41) is 15.4. The summed E-state index contributed by atoms with van der Waals surface area (Å²) in [4.78, 5) is 10.8. The minimum absolute atomic E-state index is 0.00967. The van der Waals surface area contributed by atoms with E-state index in [1.165, 1.54) is 18.2 Å². The number of benzene rings is 2. The first-order valence-corrected chi connectivity index (χ1v) is 6.59. The van der Waals surface area contributed by atoms with Crippen LogP contribution < -0.4 is 0 Å². The van der Waals surface area contributed by atoms with Gasteiger partial charge in [-0.05, 0) is 41.5 Å². The number of rotatable bonds is 3. The summed E-state index contributed by atoms with van der Waals surface area (Å²) in [6.45, 7) is 0. The van der Waals surface area contributed by atoms with E-state index in [0.717, 1.165) is 11.1 Å². The molecule has 0 radical (unpaired) electrons. The van der Waals surface area contributed by atoms with Crippen molar-refractivity contribution in [1.29, 1.82) is 0 Å². The van der Waals surface area contributed by atoms with E-state index >= 15 is 0 Å². The van der Waals surface area contributed by atoms with E-state index in [1.54, 1.807) is 48.3 Å². The van der Waals surface area contributed by atoms with Crippen LogP contribution in [0.1, 0.15) is 0 Å². The van der Waals surface area contributed by atoms with Crippen LogP contribution in [0.5, 0.6) is 0 Å². The van der Waals surface area contributed by atoms with E-state index < -0.39 is 4.92 Å². The van der Waals surface area contributed by atoms with Crippen LogP contribution in [-0.2, 0) is 7.05 Å². The first-order valence-electron chi connectivity index (χ1n) is 6.59. The molecule has 3 rings (SSSR count). The van der Waals surface area contributed by atoms with E-state index in [9.17, 15) is 14.5 Å². The molecule has 0 unspecified atom stereocenters. The van der Waals surface area contributed by atoms with Gasteiger partial charge in [0.2, 0.25) is 0 Å². The molecular formula is C16H12FN3O2. The number of hydrogen-bond acceptors (Lipinski definition) is 3.